The standard InChI is InChI=1S/C18H16FN3O3/c1-22-14-5-3-2-4-13(14)15(18(22)25)21-17(24)16(23)20-10-11-6-8-12(19)9-7-11/h2-9,15H,10H2,1H3,(H,20,23)(H,21,24)/t15-/m0/s1. The second-order valence-corrected chi connectivity index (χ2v) is 5.67. The maximum Gasteiger partial charge on any atom is 0.310 e. The maximum absolute atomic E-state index is 12.8. The third-order valence-electron chi connectivity index (χ3n) is 4.03. The average Bonchev–Trinajstić information content (AvgIpc) is 2.86. The highest BCUT2D eigenvalue weighted by atomic mass is 19.1. The molecule has 0 bridgehead atoms. The molecule has 6 nitrogen and oxygen atoms in total. The number of carbonyl (C=O) groups excluding carboxylic acids is 3. The highest BCUT2D eigenvalue weighted by Crippen LogP contribution is 2.34. The Kier molecular flexibility index (Phi) is 4.47. The predicted octanol–water partition coefficient (Wildman–Crippen LogP) is 1.28. The molecule has 0 saturated heterocycles. The molecule has 0 aromatic heterocycles. The topological polar surface area (TPSA) is 78.5 Å². The first-order chi connectivity index (χ1) is 12.0. The SMILES string of the molecule is CN1C(=O)[C@@H](NC(=O)C(=O)NCc2ccc(F)cc2)c2ccccc21. The maximum atomic E-state index is 12.8. The van der Waals surface area contributed by atoms with Crippen LogP contribution in [0.25, 0.3) is 0 Å². The van der Waals surface area contributed by atoms with Gasteiger partial charge in [-0.3, -0.25) is 14.4 Å². The van der Waals surface area contributed by atoms with Crippen LogP contribution in [-0.2, 0) is 20.9 Å². The number of para-hydroxylation sites is 1. The zero-order chi connectivity index (χ0) is 18.0. The van der Waals surface area contributed by atoms with Crippen LogP contribution < -0.4 is 15.5 Å². The Morgan fingerprint density at radius 2 is 1.76 bits per heavy atom. The molecule has 1 aliphatic heterocycles. The fourth-order valence-electron chi connectivity index (χ4n) is 2.68. The van der Waals surface area contributed by atoms with E-state index < -0.39 is 17.9 Å². The monoisotopic (exact) mass is 341 g/mol. The summed E-state index contributed by atoms with van der Waals surface area (Å²) in [6.45, 7) is 0.0850. The Labute approximate surface area is 143 Å². The van der Waals surface area contributed by atoms with Gasteiger partial charge in [-0.1, -0.05) is 30.3 Å². The summed E-state index contributed by atoms with van der Waals surface area (Å²) in [5.41, 5.74) is 2.00. The first kappa shape index (κ1) is 16.6. The van der Waals surface area contributed by atoms with E-state index in [-0.39, 0.29) is 18.3 Å². The predicted molar refractivity (Wildman–Crippen MR) is 89.0 cm³/mol. The second kappa shape index (κ2) is 6.72. The summed E-state index contributed by atoms with van der Waals surface area (Å²) in [7, 11) is 1.61. The van der Waals surface area contributed by atoms with Gasteiger partial charge in [0.2, 0.25) is 0 Å². The van der Waals surface area contributed by atoms with E-state index in [1.165, 1.54) is 29.2 Å². The molecule has 7 heteroatoms. The van der Waals surface area contributed by atoms with Crippen molar-refractivity contribution in [3.8, 4) is 0 Å². The van der Waals surface area contributed by atoms with Gasteiger partial charge in [0.1, 0.15) is 11.9 Å². The van der Waals surface area contributed by atoms with Crippen LogP contribution >= 0.6 is 0 Å². The van der Waals surface area contributed by atoms with Gasteiger partial charge in [-0.05, 0) is 23.8 Å². The lowest BCUT2D eigenvalue weighted by atomic mass is 10.1. The van der Waals surface area contributed by atoms with Gasteiger partial charge in [-0.25, -0.2) is 4.39 Å². The molecule has 2 aromatic carbocycles. The van der Waals surface area contributed by atoms with E-state index in [1.54, 1.807) is 31.3 Å². The molecule has 2 N–H and O–H groups in total. The molecule has 0 spiro atoms. The van der Waals surface area contributed by atoms with Gasteiger partial charge >= 0.3 is 11.8 Å². The number of anilines is 1. The Morgan fingerprint density at radius 3 is 2.48 bits per heavy atom. The van der Waals surface area contributed by atoms with E-state index in [2.05, 4.69) is 10.6 Å². The number of likely N-dealkylation sites (N-methyl/N-ethyl adjacent to an activating group) is 1. The summed E-state index contributed by atoms with van der Waals surface area (Å²) >= 11 is 0. The minimum absolute atomic E-state index is 0.0850. The van der Waals surface area contributed by atoms with Gasteiger partial charge < -0.3 is 15.5 Å². The molecule has 3 rings (SSSR count). The number of amides is 3. The van der Waals surface area contributed by atoms with E-state index in [0.717, 1.165) is 0 Å². The molecule has 128 valence electrons. The first-order valence-corrected chi connectivity index (χ1v) is 7.67. The lowest BCUT2D eigenvalue weighted by molar-refractivity contribution is -0.140. The fraction of sp³-hybridized carbons (Fsp3) is 0.167. The number of benzene rings is 2. The molecule has 0 unspecified atom stereocenters. The van der Waals surface area contributed by atoms with Crippen molar-refractivity contribution in [3.63, 3.8) is 0 Å². The minimum Gasteiger partial charge on any atom is -0.344 e. The molecule has 0 saturated carbocycles. The van der Waals surface area contributed by atoms with Crippen LogP contribution in [0.5, 0.6) is 0 Å². The second-order valence-electron chi connectivity index (χ2n) is 5.67. The number of fused-ring (bicyclic) bond motifs is 1. The van der Waals surface area contributed by atoms with Crippen LogP contribution in [0, 0.1) is 5.82 Å². The van der Waals surface area contributed by atoms with Crippen molar-refractivity contribution in [1.29, 1.82) is 0 Å². The van der Waals surface area contributed by atoms with Gasteiger partial charge in [0.15, 0.2) is 0 Å². The summed E-state index contributed by atoms with van der Waals surface area (Å²) < 4.78 is 12.8. The summed E-state index contributed by atoms with van der Waals surface area (Å²) in [5, 5.41) is 4.90. The van der Waals surface area contributed by atoms with Gasteiger partial charge in [0.05, 0.1) is 0 Å². The van der Waals surface area contributed by atoms with Crippen molar-refractivity contribution in [2.75, 3.05) is 11.9 Å². The van der Waals surface area contributed by atoms with Crippen molar-refractivity contribution in [1.82, 2.24) is 10.6 Å². The van der Waals surface area contributed by atoms with Crippen molar-refractivity contribution in [2.24, 2.45) is 0 Å². The van der Waals surface area contributed by atoms with Gasteiger partial charge in [-0.2, -0.15) is 0 Å². The lowest BCUT2D eigenvalue weighted by Crippen LogP contribution is -2.43. The number of rotatable bonds is 3. The molecular weight excluding hydrogens is 325 g/mol. The highest BCUT2D eigenvalue weighted by molar-refractivity contribution is 6.35. The zero-order valence-electron chi connectivity index (χ0n) is 13.5. The normalized spacial score (nSPS) is 15.7. The number of hydrogen-bond donors (Lipinski definition) is 2. The number of halogens is 1. The zero-order valence-corrected chi connectivity index (χ0v) is 13.5. The van der Waals surface area contributed by atoms with Crippen LogP contribution in [0.4, 0.5) is 10.1 Å². The van der Waals surface area contributed by atoms with Crippen molar-refractivity contribution >= 4 is 23.4 Å². The van der Waals surface area contributed by atoms with Crippen LogP contribution in [0.1, 0.15) is 17.2 Å². The minimum atomic E-state index is -0.898. The summed E-state index contributed by atoms with van der Waals surface area (Å²) in [6.07, 6.45) is 0. The molecule has 2 aromatic rings. The fourth-order valence-corrected chi connectivity index (χ4v) is 2.68. The number of nitrogens with zero attached hydrogens (tertiary/aromatic N) is 1. The highest BCUT2D eigenvalue weighted by Gasteiger charge is 2.36. The van der Waals surface area contributed by atoms with E-state index in [1.807, 2.05) is 0 Å². The Hall–Kier alpha value is -3.22. The van der Waals surface area contributed by atoms with Crippen LogP contribution in [0.15, 0.2) is 48.5 Å². The third kappa shape index (κ3) is 3.35. The Bertz CT molecular complexity index is 836. The smallest absolute Gasteiger partial charge is 0.310 e. The quantitative estimate of drug-likeness (QED) is 0.826. The molecule has 0 radical (unpaired) electrons. The summed E-state index contributed by atoms with van der Waals surface area (Å²) in [5.74, 6) is -2.44. The van der Waals surface area contributed by atoms with Gasteiger partial charge in [-0.15, -0.1) is 0 Å². The Morgan fingerprint density at radius 1 is 1.08 bits per heavy atom. The van der Waals surface area contributed by atoms with E-state index in [0.29, 0.717) is 16.8 Å². The summed E-state index contributed by atoms with van der Waals surface area (Å²) in [4.78, 5) is 37.7. The van der Waals surface area contributed by atoms with Crippen molar-refractivity contribution in [2.45, 2.75) is 12.6 Å². The molecule has 0 fully saturated rings. The molecule has 3 amide bonds. The largest absolute Gasteiger partial charge is 0.344 e. The van der Waals surface area contributed by atoms with Crippen LogP contribution in [0.2, 0.25) is 0 Å². The van der Waals surface area contributed by atoms with Crippen LogP contribution in [0.3, 0.4) is 0 Å². The first-order valence-electron chi connectivity index (χ1n) is 7.67. The molecule has 1 heterocycles. The molecule has 1 aliphatic rings. The summed E-state index contributed by atoms with van der Waals surface area (Å²) in [6, 6.07) is 11.7. The van der Waals surface area contributed by atoms with Crippen molar-refractivity contribution in [3.05, 3.63) is 65.5 Å². The number of hydrogen-bond acceptors (Lipinski definition) is 3. The number of nitrogens with one attached hydrogen (secondary N) is 2. The van der Waals surface area contributed by atoms with E-state index >= 15 is 0 Å². The van der Waals surface area contributed by atoms with Crippen molar-refractivity contribution < 1.29 is 18.8 Å². The average molecular weight is 341 g/mol. The Balaban J connectivity index is 1.63. The van der Waals surface area contributed by atoms with Gasteiger partial charge in [0.25, 0.3) is 5.91 Å². The molecule has 25 heavy (non-hydrogen) atoms. The van der Waals surface area contributed by atoms with E-state index in [4.69, 9.17) is 0 Å². The lowest BCUT2D eigenvalue weighted by Gasteiger charge is -2.13. The number of carbonyl (C=O) groups is 3. The third-order valence-corrected chi connectivity index (χ3v) is 4.03. The van der Waals surface area contributed by atoms with E-state index in [9.17, 15) is 18.8 Å². The molecular formula is C18H16FN3O3. The van der Waals surface area contributed by atoms with Gasteiger partial charge in [0, 0.05) is 24.8 Å². The molecule has 1 atom stereocenters. The molecule has 0 aliphatic carbocycles. The van der Waals surface area contributed by atoms with Crippen LogP contribution in [-0.4, -0.2) is 24.8 Å².